The van der Waals surface area contributed by atoms with Crippen LogP contribution in [0.25, 0.3) is 16.7 Å². The second-order valence-electron chi connectivity index (χ2n) is 8.28. The molecule has 0 atom stereocenters. The summed E-state index contributed by atoms with van der Waals surface area (Å²) < 4.78 is 39.1. The van der Waals surface area contributed by atoms with Gasteiger partial charge in [0.15, 0.2) is 0 Å². The van der Waals surface area contributed by atoms with E-state index >= 15 is 0 Å². The SMILES string of the molecule is Cc1ccc2c(c1)NC1(CCN(S(=O)(=O)c3cccc4nsnc34)CC1)c1cccn1-2. The Hall–Kier alpha value is -2.75. The fourth-order valence-electron chi connectivity index (χ4n) is 4.88. The van der Waals surface area contributed by atoms with E-state index in [9.17, 15) is 8.42 Å². The van der Waals surface area contributed by atoms with Crippen LogP contribution in [0, 0.1) is 6.92 Å². The van der Waals surface area contributed by atoms with E-state index in [1.807, 2.05) is 0 Å². The van der Waals surface area contributed by atoms with E-state index in [4.69, 9.17) is 0 Å². The summed E-state index contributed by atoms with van der Waals surface area (Å²) in [6.45, 7) is 2.97. The molecule has 6 rings (SSSR count). The van der Waals surface area contributed by atoms with Gasteiger partial charge in [0.2, 0.25) is 10.0 Å². The Kier molecular flexibility index (Phi) is 4.05. The maximum absolute atomic E-state index is 13.4. The molecule has 0 amide bonds. The third-order valence-corrected chi connectivity index (χ3v) is 8.94. The molecule has 1 spiro atoms. The molecule has 1 N–H and O–H groups in total. The van der Waals surface area contributed by atoms with Crippen LogP contribution in [0.4, 0.5) is 5.69 Å². The van der Waals surface area contributed by atoms with Crippen molar-refractivity contribution in [3.8, 4) is 5.69 Å². The highest BCUT2D eigenvalue weighted by Crippen LogP contribution is 2.44. The van der Waals surface area contributed by atoms with Crippen molar-refractivity contribution in [1.82, 2.24) is 17.6 Å². The molecule has 31 heavy (non-hydrogen) atoms. The molecule has 9 heteroatoms. The quantitative estimate of drug-likeness (QED) is 0.500. The minimum absolute atomic E-state index is 0.246. The molecule has 0 aliphatic carbocycles. The van der Waals surface area contributed by atoms with Gasteiger partial charge in [0.05, 0.1) is 28.6 Å². The van der Waals surface area contributed by atoms with Crippen molar-refractivity contribution in [3.63, 3.8) is 0 Å². The lowest BCUT2D eigenvalue weighted by molar-refractivity contribution is 0.247. The van der Waals surface area contributed by atoms with Crippen LogP contribution in [0.5, 0.6) is 0 Å². The van der Waals surface area contributed by atoms with Gasteiger partial charge in [0.1, 0.15) is 15.9 Å². The number of aryl methyl sites for hydroxylation is 1. The van der Waals surface area contributed by atoms with Crippen molar-refractivity contribution in [1.29, 1.82) is 0 Å². The highest BCUT2D eigenvalue weighted by molar-refractivity contribution is 7.89. The van der Waals surface area contributed by atoms with Crippen molar-refractivity contribution in [2.24, 2.45) is 0 Å². The highest BCUT2D eigenvalue weighted by atomic mass is 32.2. The average molecular weight is 452 g/mol. The topological polar surface area (TPSA) is 80.1 Å². The maximum Gasteiger partial charge on any atom is 0.245 e. The minimum atomic E-state index is -3.64. The lowest BCUT2D eigenvalue weighted by atomic mass is 9.83. The molecule has 2 aromatic carbocycles. The number of nitrogens with zero attached hydrogens (tertiary/aromatic N) is 4. The van der Waals surface area contributed by atoms with Crippen molar-refractivity contribution in [2.75, 3.05) is 18.4 Å². The van der Waals surface area contributed by atoms with E-state index in [0.29, 0.717) is 37.0 Å². The molecule has 7 nitrogen and oxygen atoms in total. The number of benzene rings is 2. The first-order valence-electron chi connectivity index (χ1n) is 10.3. The zero-order valence-corrected chi connectivity index (χ0v) is 18.6. The predicted molar refractivity (Wildman–Crippen MR) is 121 cm³/mol. The van der Waals surface area contributed by atoms with E-state index in [1.165, 1.54) is 11.3 Å². The van der Waals surface area contributed by atoms with Gasteiger partial charge in [-0.15, -0.1) is 0 Å². The van der Waals surface area contributed by atoms with Crippen LogP contribution in [-0.2, 0) is 15.6 Å². The van der Waals surface area contributed by atoms with Gasteiger partial charge in [-0.1, -0.05) is 12.1 Å². The second-order valence-corrected chi connectivity index (χ2v) is 10.7. The molecule has 0 unspecified atom stereocenters. The van der Waals surface area contributed by atoms with Gasteiger partial charge < -0.3 is 9.88 Å². The van der Waals surface area contributed by atoms with E-state index in [0.717, 1.165) is 23.1 Å². The number of nitrogens with one attached hydrogen (secondary N) is 1. The summed E-state index contributed by atoms with van der Waals surface area (Å²) in [6, 6.07) is 15.8. The average Bonchev–Trinajstić information content (AvgIpc) is 3.44. The Bertz CT molecular complexity index is 1410. The van der Waals surface area contributed by atoms with Crippen LogP contribution >= 0.6 is 11.7 Å². The third-order valence-electron chi connectivity index (χ3n) is 6.47. The first kappa shape index (κ1) is 19.0. The fraction of sp³-hybridized carbons (Fsp3) is 0.273. The fourth-order valence-corrected chi connectivity index (χ4v) is 7.07. The standard InChI is InChI=1S/C22H21N5O2S2/c1-15-7-8-18-17(14-15)23-22(20-6-3-11-27(18)20)9-12-26(13-10-22)31(28,29)19-5-2-4-16-21(19)25-30-24-16/h2-8,11,14,23H,9-10,12-13H2,1H3. The van der Waals surface area contributed by atoms with Crippen LogP contribution in [0.2, 0.25) is 0 Å². The summed E-state index contributed by atoms with van der Waals surface area (Å²) in [6.07, 6.45) is 3.47. The monoisotopic (exact) mass is 451 g/mol. The molecule has 1 saturated heterocycles. The lowest BCUT2D eigenvalue weighted by Gasteiger charge is -2.46. The van der Waals surface area contributed by atoms with Gasteiger partial charge in [-0.25, -0.2) is 8.42 Å². The summed E-state index contributed by atoms with van der Waals surface area (Å²) in [4.78, 5) is 0.246. The van der Waals surface area contributed by atoms with Crippen molar-refractivity contribution < 1.29 is 8.42 Å². The van der Waals surface area contributed by atoms with Crippen LogP contribution in [0.15, 0.2) is 59.6 Å². The van der Waals surface area contributed by atoms with E-state index in [1.54, 1.807) is 22.5 Å². The number of piperidine rings is 1. The second kappa shape index (κ2) is 6.62. The number of fused-ring (bicyclic) bond motifs is 5. The molecule has 2 aliphatic rings. The zero-order chi connectivity index (χ0) is 21.2. The van der Waals surface area contributed by atoms with Gasteiger partial charge in [0, 0.05) is 25.0 Å². The molecular formula is C22H21N5O2S2. The lowest BCUT2D eigenvalue weighted by Crippen LogP contribution is -2.51. The molecule has 4 aromatic rings. The van der Waals surface area contributed by atoms with E-state index < -0.39 is 10.0 Å². The summed E-state index contributed by atoms with van der Waals surface area (Å²) in [5, 5.41) is 3.77. The number of hydrogen-bond acceptors (Lipinski definition) is 6. The van der Waals surface area contributed by atoms with Crippen molar-refractivity contribution >= 4 is 38.5 Å². The molecular weight excluding hydrogens is 430 g/mol. The largest absolute Gasteiger partial charge is 0.372 e. The molecule has 2 aliphatic heterocycles. The first-order chi connectivity index (χ1) is 15.0. The summed E-state index contributed by atoms with van der Waals surface area (Å²) in [5.74, 6) is 0. The van der Waals surface area contributed by atoms with Crippen LogP contribution in [0.3, 0.4) is 0 Å². The number of rotatable bonds is 2. The minimum Gasteiger partial charge on any atom is -0.372 e. The highest BCUT2D eigenvalue weighted by Gasteiger charge is 2.44. The molecule has 1 fully saturated rings. The van der Waals surface area contributed by atoms with Crippen LogP contribution in [-0.4, -0.2) is 39.1 Å². The summed E-state index contributed by atoms with van der Waals surface area (Å²) >= 11 is 1.04. The summed E-state index contributed by atoms with van der Waals surface area (Å²) in [5.41, 5.74) is 5.41. The Labute approximate surface area is 184 Å². The molecule has 0 radical (unpaired) electrons. The van der Waals surface area contributed by atoms with E-state index in [-0.39, 0.29) is 10.4 Å². The van der Waals surface area contributed by atoms with Crippen molar-refractivity contribution in [3.05, 3.63) is 66.0 Å². The van der Waals surface area contributed by atoms with Crippen LogP contribution < -0.4 is 5.32 Å². The Balaban J connectivity index is 1.34. The van der Waals surface area contributed by atoms with Gasteiger partial charge in [-0.3, -0.25) is 0 Å². The Morgan fingerprint density at radius 3 is 2.74 bits per heavy atom. The molecule has 0 bridgehead atoms. The van der Waals surface area contributed by atoms with E-state index in [2.05, 4.69) is 62.1 Å². The Morgan fingerprint density at radius 2 is 1.90 bits per heavy atom. The number of anilines is 1. The number of aromatic nitrogens is 3. The van der Waals surface area contributed by atoms with Gasteiger partial charge in [0.25, 0.3) is 0 Å². The first-order valence-corrected chi connectivity index (χ1v) is 12.4. The van der Waals surface area contributed by atoms with Crippen molar-refractivity contribution in [2.45, 2.75) is 30.2 Å². The van der Waals surface area contributed by atoms with Gasteiger partial charge >= 0.3 is 0 Å². The molecule has 2 aromatic heterocycles. The third kappa shape index (κ3) is 2.77. The maximum atomic E-state index is 13.4. The summed E-state index contributed by atoms with van der Waals surface area (Å²) in [7, 11) is -3.64. The number of sulfonamides is 1. The van der Waals surface area contributed by atoms with Gasteiger partial charge in [-0.2, -0.15) is 13.1 Å². The zero-order valence-electron chi connectivity index (χ0n) is 16.9. The molecule has 158 valence electrons. The normalized spacial score (nSPS) is 18.0. The van der Waals surface area contributed by atoms with Crippen LogP contribution in [0.1, 0.15) is 24.1 Å². The Morgan fingerprint density at radius 1 is 1.06 bits per heavy atom. The van der Waals surface area contributed by atoms with Gasteiger partial charge in [-0.05, 0) is 61.7 Å². The molecule has 4 heterocycles. The predicted octanol–water partition coefficient (Wildman–Crippen LogP) is 3.90. The number of hydrogen-bond donors (Lipinski definition) is 1. The smallest absolute Gasteiger partial charge is 0.245 e. The molecule has 0 saturated carbocycles.